The number of aliphatic hydroxyl groups excluding tert-OH is 1. The van der Waals surface area contributed by atoms with E-state index in [0.29, 0.717) is 18.1 Å². The number of anilines is 1. The number of benzene rings is 1. The lowest BCUT2D eigenvalue weighted by Crippen LogP contribution is -2.23. The molecule has 2 aromatic rings. The highest BCUT2D eigenvalue weighted by atomic mass is 35.5. The van der Waals surface area contributed by atoms with Gasteiger partial charge in [0.05, 0.1) is 6.10 Å². The Morgan fingerprint density at radius 2 is 2.05 bits per heavy atom. The number of pyridine rings is 1. The molecule has 2 N–H and O–H groups in total. The fourth-order valence-corrected chi connectivity index (χ4v) is 2.45. The van der Waals surface area contributed by atoms with Crippen LogP contribution in [-0.4, -0.2) is 30.7 Å². The summed E-state index contributed by atoms with van der Waals surface area (Å²) in [6.07, 6.45) is 2.99. The maximum Gasteiger partial charge on any atom is 0.0928 e. The minimum Gasteiger partial charge on any atom is -0.387 e. The van der Waals surface area contributed by atoms with Gasteiger partial charge in [0, 0.05) is 61.4 Å². The Labute approximate surface area is 130 Å². The molecule has 0 aliphatic rings. The van der Waals surface area contributed by atoms with Gasteiger partial charge in [-0.15, -0.1) is 0 Å². The first-order chi connectivity index (χ1) is 10.1. The fraction of sp³-hybridized carbons (Fsp3) is 0.312. The van der Waals surface area contributed by atoms with Crippen molar-refractivity contribution >= 4 is 17.3 Å². The fourth-order valence-electron chi connectivity index (χ4n) is 2.19. The van der Waals surface area contributed by atoms with Crippen molar-refractivity contribution in [3.8, 4) is 0 Å². The Morgan fingerprint density at radius 3 is 2.76 bits per heavy atom. The van der Waals surface area contributed by atoms with E-state index >= 15 is 0 Å². The lowest BCUT2D eigenvalue weighted by Gasteiger charge is -2.18. The second kappa shape index (κ2) is 7.41. The molecule has 0 fully saturated rings. The van der Waals surface area contributed by atoms with Crippen LogP contribution in [0.15, 0.2) is 42.7 Å². The van der Waals surface area contributed by atoms with Crippen molar-refractivity contribution in [2.24, 2.45) is 0 Å². The predicted octanol–water partition coefficient (Wildman–Crippen LogP) is 2.62. The van der Waals surface area contributed by atoms with E-state index in [2.05, 4.69) is 10.3 Å². The zero-order valence-electron chi connectivity index (χ0n) is 12.3. The molecular weight excluding hydrogens is 286 g/mol. The third-order valence-corrected chi connectivity index (χ3v) is 3.62. The summed E-state index contributed by atoms with van der Waals surface area (Å²) in [5.74, 6) is 0. The average molecular weight is 306 g/mol. The first kappa shape index (κ1) is 15.8. The molecule has 112 valence electrons. The van der Waals surface area contributed by atoms with E-state index in [1.807, 2.05) is 49.5 Å². The van der Waals surface area contributed by atoms with Crippen LogP contribution in [0, 0.1) is 0 Å². The number of hydrogen-bond acceptors (Lipinski definition) is 4. The van der Waals surface area contributed by atoms with Gasteiger partial charge in [0.25, 0.3) is 0 Å². The van der Waals surface area contributed by atoms with Crippen molar-refractivity contribution in [3.05, 3.63) is 58.9 Å². The molecule has 5 heteroatoms. The summed E-state index contributed by atoms with van der Waals surface area (Å²) in [4.78, 5) is 6.19. The van der Waals surface area contributed by atoms with E-state index in [-0.39, 0.29) is 0 Å². The van der Waals surface area contributed by atoms with E-state index in [9.17, 15) is 5.11 Å². The van der Waals surface area contributed by atoms with Crippen LogP contribution >= 0.6 is 11.6 Å². The largest absolute Gasteiger partial charge is 0.387 e. The molecular formula is C16H20ClN3O. The van der Waals surface area contributed by atoms with Crippen molar-refractivity contribution < 1.29 is 5.11 Å². The highest BCUT2D eigenvalue weighted by Crippen LogP contribution is 2.22. The first-order valence-electron chi connectivity index (χ1n) is 6.83. The zero-order chi connectivity index (χ0) is 15.2. The molecule has 0 saturated heterocycles. The van der Waals surface area contributed by atoms with E-state index in [1.54, 1.807) is 12.3 Å². The zero-order valence-corrected chi connectivity index (χ0v) is 13.0. The van der Waals surface area contributed by atoms with Crippen LogP contribution < -0.4 is 10.2 Å². The quantitative estimate of drug-likeness (QED) is 0.861. The van der Waals surface area contributed by atoms with Gasteiger partial charge < -0.3 is 15.3 Å². The SMILES string of the molecule is CN(C)c1ccncc1CNC[C@H](O)c1ccccc1Cl. The number of halogens is 1. The van der Waals surface area contributed by atoms with Crippen LogP contribution in [0.5, 0.6) is 0 Å². The Kier molecular flexibility index (Phi) is 5.56. The summed E-state index contributed by atoms with van der Waals surface area (Å²) in [5.41, 5.74) is 2.95. The number of nitrogens with zero attached hydrogens (tertiary/aromatic N) is 2. The topological polar surface area (TPSA) is 48.4 Å². The highest BCUT2D eigenvalue weighted by Gasteiger charge is 2.11. The number of nitrogens with one attached hydrogen (secondary N) is 1. The molecule has 1 heterocycles. The Balaban J connectivity index is 1.95. The molecule has 0 saturated carbocycles. The minimum atomic E-state index is -0.627. The van der Waals surface area contributed by atoms with E-state index in [0.717, 1.165) is 16.8 Å². The molecule has 0 aliphatic heterocycles. The Hall–Kier alpha value is -1.62. The van der Waals surface area contributed by atoms with E-state index in [1.165, 1.54) is 0 Å². The van der Waals surface area contributed by atoms with E-state index in [4.69, 9.17) is 11.6 Å². The van der Waals surface area contributed by atoms with Gasteiger partial charge in [-0.2, -0.15) is 0 Å². The first-order valence-corrected chi connectivity index (χ1v) is 7.21. The lowest BCUT2D eigenvalue weighted by atomic mass is 10.1. The summed E-state index contributed by atoms with van der Waals surface area (Å²) < 4.78 is 0. The molecule has 0 radical (unpaired) electrons. The van der Waals surface area contributed by atoms with E-state index < -0.39 is 6.10 Å². The number of rotatable bonds is 6. The van der Waals surface area contributed by atoms with Crippen molar-refractivity contribution in [3.63, 3.8) is 0 Å². The summed E-state index contributed by atoms with van der Waals surface area (Å²) in [6.45, 7) is 1.08. The van der Waals surface area contributed by atoms with Crippen LogP contribution in [0.4, 0.5) is 5.69 Å². The van der Waals surface area contributed by atoms with Crippen LogP contribution in [0.2, 0.25) is 5.02 Å². The van der Waals surface area contributed by atoms with Gasteiger partial charge in [-0.25, -0.2) is 0 Å². The van der Waals surface area contributed by atoms with Crippen LogP contribution in [-0.2, 0) is 6.54 Å². The molecule has 0 spiro atoms. The molecule has 21 heavy (non-hydrogen) atoms. The Bertz CT molecular complexity index is 589. The van der Waals surface area contributed by atoms with Gasteiger partial charge >= 0.3 is 0 Å². The van der Waals surface area contributed by atoms with Crippen LogP contribution in [0.1, 0.15) is 17.2 Å². The lowest BCUT2D eigenvalue weighted by molar-refractivity contribution is 0.174. The number of aromatic nitrogens is 1. The number of aliphatic hydroxyl groups is 1. The summed E-state index contributed by atoms with van der Waals surface area (Å²) in [7, 11) is 3.99. The normalized spacial score (nSPS) is 12.2. The Morgan fingerprint density at radius 1 is 1.29 bits per heavy atom. The summed E-state index contributed by atoms with van der Waals surface area (Å²) >= 11 is 6.08. The standard InChI is InChI=1S/C16H20ClN3O/c1-20(2)15-7-8-18-9-12(15)10-19-11-16(21)13-5-3-4-6-14(13)17/h3-9,16,19,21H,10-11H2,1-2H3/t16-/m0/s1. The monoisotopic (exact) mass is 305 g/mol. The second-order valence-corrected chi connectivity index (χ2v) is 5.47. The molecule has 4 nitrogen and oxygen atoms in total. The molecule has 1 aromatic carbocycles. The third-order valence-electron chi connectivity index (χ3n) is 3.28. The maximum atomic E-state index is 10.2. The molecule has 0 aliphatic carbocycles. The predicted molar refractivity (Wildman–Crippen MR) is 86.7 cm³/mol. The summed E-state index contributed by atoms with van der Waals surface area (Å²) in [5, 5.41) is 14.0. The van der Waals surface area contributed by atoms with Crippen molar-refractivity contribution in [2.75, 3.05) is 25.5 Å². The van der Waals surface area contributed by atoms with Gasteiger partial charge in [0.15, 0.2) is 0 Å². The van der Waals surface area contributed by atoms with Crippen LogP contribution in [0.25, 0.3) is 0 Å². The van der Waals surface area contributed by atoms with Gasteiger partial charge in [0.1, 0.15) is 0 Å². The van der Waals surface area contributed by atoms with Crippen molar-refractivity contribution in [1.82, 2.24) is 10.3 Å². The third kappa shape index (κ3) is 4.17. The molecule has 1 atom stereocenters. The molecule has 1 aromatic heterocycles. The number of hydrogen-bond donors (Lipinski definition) is 2. The molecule has 2 rings (SSSR count). The maximum absolute atomic E-state index is 10.2. The van der Waals surface area contributed by atoms with Gasteiger partial charge in [-0.1, -0.05) is 29.8 Å². The molecule has 0 amide bonds. The van der Waals surface area contributed by atoms with Crippen molar-refractivity contribution in [2.45, 2.75) is 12.6 Å². The summed E-state index contributed by atoms with van der Waals surface area (Å²) in [6, 6.07) is 9.32. The second-order valence-electron chi connectivity index (χ2n) is 5.07. The van der Waals surface area contributed by atoms with Crippen molar-refractivity contribution in [1.29, 1.82) is 0 Å². The average Bonchev–Trinajstić information content (AvgIpc) is 2.48. The smallest absolute Gasteiger partial charge is 0.0928 e. The molecule has 0 bridgehead atoms. The van der Waals surface area contributed by atoms with Crippen LogP contribution in [0.3, 0.4) is 0 Å². The van der Waals surface area contributed by atoms with Gasteiger partial charge in [-0.3, -0.25) is 4.98 Å². The molecule has 0 unspecified atom stereocenters. The van der Waals surface area contributed by atoms with Gasteiger partial charge in [-0.05, 0) is 12.1 Å². The van der Waals surface area contributed by atoms with Gasteiger partial charge in [0.2, 0.25) is 0 Å². The minimum absolute atomic E-state index is 0.436. The highest BCUT2D eigenvalue weighted by molar-refractivity contribution is 6.31.